The summed E-state index contributed by atoms with van der Waals surface area (Å²) in [4.78, 5) is 14.8. The zero-order chi connectivity index (χ0) is 13.2. The zero-order valence-electron chi connectivity index (χ0n) is 10.9. The Morgan fingerprint density at radius 2 is 2.33 bits per heavy atom. The molecule has 0 saturated heterocycles. The van der Waals surface area contributed by atoms with Gasteiger partial charge in [0.15, 0.2) is 0 Å². The first-order valence-corrected chi connectivity index (χ1v) is 6.40. The number of carbonyl (C=O) groups excluding carboxylic acids is 1. The third kappa shape index (κ3) is 2.92. The van der Waals surface area contributed by atoms with Gasteiger partial charge in [0.1, 0.15) is 17.5 Å². The second-order valence-corrected chi connectivity index (χ2v) is 5.83. The van der Waals surface area contributed by atoms with Crippen LogP contribution in [0.25, 0.3) is 0 Å². The second kappa shape index (κ2) is 4.85. The van der Waals surface area contributed by atoms with E-state index in [0.29, 0.717) is 16.8 Å². The largest absolute Gasteiger partial charge is 0.348 e. The molecular formula is C14H19N3O. The molecule has 4 nitrogen and oxygen atoms in total. The van der Waals surface area contributed by atoms with Crippen molar-refractivity contribution in [2.45, 2.75) is 45.6 Å². The summed E-state index contributed by atoms with van der Waals surface area (Å²) in [5, 5.41) is 11.8. The molecular weight excluding hydrogens is 226 g/mol. The van der Waals surface area contributed by atoms with Crippen LogP contribution >= 0.6 is 0 Å². The maximum atomic E-state index is 12.0. The molecule has 0 aliphatic heterocycles. The van der Waals surface area contributed by atoms with Crippen molar-refractivity contribution in [3.63, 3.8) is 0 Å². The van der Waals surface area contributed by atoms with Crippen molar-refractivity contribution in [1.29, 1.82) is 5.26 Å². The van der Waals surface area contributed by atoms with E-state index >= 15 is 0 Å². The highest BCUT2D eigenvalue weighted by Gasteiger charge is 2.29. The molecule has 1 aliphatic rings. The number of nitrogens with one attached hydrogen (secondary N) is 2. The van der Waals surface area contributed by atoms with Gasteiger partial charge in [0.25, 0.3) is 5.91 Å². The summed E-state index contributed by atoms with van der Waals surface area (Å²) in [5.74, 6) is -0.112. The number of hydrogen-bond donors (Lipinski definition) is 2. The van der Waals surface area contributed by atoms with E-state index in [-0.39, 0.29) is 11.9 Å². The summed E-state index contributed by atoms with van der Waals surface area (Å²) in [5.41, 5.74) is 1.20. The van der Waals surface area contributed by atoms with Crippen molar-refractivity contribution < 1.29 is 4.79 Å². The lowest BCUT2D eigenvalue weighted by Crippen LogP contribution is -2.40. The third-order valence-electron chi connectivity index (χ3n) is 3.59. The second-order valence-electron chi connectivity index (χ2n) is 5.83. The first-order valence-electron chi connectivity index (χ1n) is 6.40. The predicted octanol–water partition coefficient (Wildman–Crippen LogP) is 2.58. The number of nitrogens with zero attached hydrogens (tertiary/aromatic N) is 1. The molecule has 1 aromatic heterocycles. The van der Waals surface area contributed by atoms with Gasteiger partial charge in [-0.15, -0.1) is 0 Å². The van der Waals surface area contributed by atoms with Crippen LogP contribution < -0.4 is 5.32 Å². The standard InChI is InChI=1S/C14H19N3O/c1-14(2)7-3-4-10(8-14)17-13(18)12-6-5-11(9-15)16-12/h5-6,10,16H,3-4,7-8H2,1-2H3,(H,17,18). The van der Waals surface area contributed by atoms with Gasteiger partial charge in [0, 0.05) is 6.04 Å². The minimum absolute atomic E-state index is 0.112. The molecule has 96 valence electrons. The number of rotatable bonds is 2. The van der Waals surface area contributed by atoms with Gasteiger partial charge in [0.2, 0.25) is 0 Å². The van der Waals surface area contributed by atoms with E-state index in [1.54, 1.807) is 12.1 Å². The molecule has 0 radical (unpaired) electrons. The number of nitriles is 1. The predicted molar refractivity (Wildman–Crippen MR) is 69.0 cm³/mol. The van der Waals surface area contributed by atoms with Crippen LogP contribution in [0, 0.1) is 16.7 Å². The molecule has 0 bridgehead atoms. The Bertz CT molecular complexity index is 481. The number of H-pyrrole nitrogens is 1. The number of hydrogen-bond acceptors (Lipinski definition) is 2. The molecule has 4 heteroatoms. The quantitative estimate of drug-likeness (QED) is 0.840. The monoisotopic (exact) mass is 245 g/mol. The Labute approximate surface area is 107 Å². The van der Waals surface area contributed by atoms with Crippen LogP contribution in [-0.4, -0.2) is 16.9 Å². The fraction of sp³-hybridized carbons (Fsp3) is 0.571. The van der Waals surface area contributed by atoms with Crippen molar-refractivity contribution in [2.24, 2.45) is 5.41 Å². The van der Waals surface area contributed by atoms with Gasteiger partial charge in [-0.3, -0.25) is 4.79 Å². The number of amides is 1. The van der Waals surface area contributed by atoms with E-state index in [1.807, 2.05) is 6.07 Å². The lowest BCUT2D eigenvalue weighted by molar-refractivity contribution is 0.0898. The Morgan fingerprint density at radius 3 is 2.94 bits per heavy atom. The van der Waals surface area contributed by atoms with Gasteiger partial charge in [-0.2, -0.15) is 5.26 Å². The Kier molecular flexibility index (Phi) is 3.42. The van der Waals surface area contributed by atoms with Gasteiger partial charge >= 0.3 is 0 Å². The van der Waals surface area contributed by atoms with E-state index in [4.69, 9.17) is 5.26 Å². The summed E-state index contributed by atoms with van der Waals surface area (Å²) < 4.78 is 0. The van der Waals surface area contributed by atoms with Crippen LogP contribution in [-0.2, 0) is 0 Å². The van der Waals surface area contributed by atoms with E-state index in [0.717, 1.165) is 19.3 Å². The van der Waals surface area contributed by atoms with Crippen molar-refractivity contribution in [1.82, 2.24) is 10.3 Å². The summed E-state index contributed by atoms with van der Waals surface area (Å²) in [6.07, 6.45) is 4.44. The lowest BCUT2D eigenvalue weighted by Gasteiger charge is -2.35. The van der Waals surface area contributed by atoms with Gasteiger partial charge < -0.3 is 10.3 Å². The summed E-state index contributed by atoms with van der Waals surface area (Å²) in [6, 6.07) is 5.51. The van der Waals surface area contributed by atoms with Gasteiger partial charge in [-0.25, -0.2) is 0 Å². The van der Waals surface area contributed by atoms with Crippen molar-refractivity contribution in [3.8, 4) is 6.07 Å². The van der Waals surface area contributed by atoms with Crippen molar-refractivity contribution >= 4 is 5.91 Å². The molecule has 1 atom stereocenters. The molecule has 2 N–H and O–H groups in total. The number of carbonyl (C=O) groups is 1. The molecule has 1 saturated carbocycles. The fourth-order valence-electron chi connectivity index (χ4n) is 2.68. The molecule has 1 aromatic rings. The maximum Gasteiger partial charge on any atom is 0.267 e. The lowest BCUT2D eigenvalue weighted by atomic mass is 9.75. The van der Waals surface area contributed by atoms with Gasteiger partial charge in [-0.1, -0.05) is 20.3 Å². The topological polar surface area (TPSA) is 68.7 Å². The average Bonchev–Trinajstić information content (AvgIpc) is 2.76. The zero-order valence-corrected chi connectivity index (χ0v) is 10.9. The van der Waals surface area contributed by atoms with E-state index in [2.05, 4.69) is 24.1 Å². The molecule has 1 aliphatic carbocycles. The van der Waals surface area contributed by atoms with E-state index in [9.17, 15) is 4.79 Å². The van der Waals surface area contributed by atoms with Gasteiger partial charge in [0.05, 0.1) is 0 Å². The average molecular weight is 245 g/mol. The van der Waals surface area contributed by atoms with Gasteiger partial charge in [-0.05, 0) is 36.8 Å². The van der Waals surface area contributed by atoms with Crippen LogP contribution in [0.1, 0.15) is 55.7 Å². The molecule has 2 rings (SSSR count). The molecule has 18 heavy (non-hydrogen) atoms. The molecule has 1 unspecified atom stereocenters. The van der Waals surface area contributed by atoms with Crippen LogP contribution in [0.2, 0.25) is 0 Å². The van der Waals surface area contributed by atoms with Crippen molar-refractivity contribution in [2.75, 3.05) is 0 Å². The molecule has 1 amide bonds. The minimum atomic E-state index is -0.112. The number of aromatic amines is 1. The fourth-order valence-corrected chi connectivity index (χ4v) is 2.68. The van der Waals surface area contributed by atoms with Crippen LogP contribution in [0.3, 0.4) is 0 Å². The molecule has 0 aromatic carbocycles. The Balaban J connectivity index is 1.97. The third-order valence-corrected chi connectivity index (χ3v) is 3.59. The summed E-state index contributed by atoms with van der Waals surface area (Å²) in [7, 11) is 0. The first-order chi connectivity index (χ1) is 8.50. The SMILES string of the molecule is CC1(C)CCCC(NC(=O)c2ccc(C#N)[nH]2)C1. The molecule has 0 spiro atoms. The highest BCUT2D eigenvalue weighted by molar-refractivity contribution is 5.92. The molecule has 1 fully saturated rings. The normalized spacial score (nSPS) is 22.2. The Hall–Kier alpha value is -1.76. The smallest absolute Gasteiger partial charge is 0.267 e. The van der Waals surface area contributed by atoms with Crippen LogP contribution in [0.15, 0.2) is 12.1 Å². The highest BCUT2D eigenvalue weighted by Crippen LogP contribution is 2.35. The summed E-state index contributed by atoms with van der Waals surface area (Å²) >= 11 is 0. The maximum absolute atomic E-state index is 12.0. The highest BCUT2D eigenvalue weighted by atomic mass is 16.1. The number of aromatic nitrogens is 1. The minimum Gasteiger partial charge on any atom is -0.348 e. The Morgan fingerprint density at radius 1 is 1.56 bits per heavy atom. The first kappa shape index (κ1) is 12.7. The van der Waals surface area contributed by atoms with E-state index < -0.39 is 0 Å². The van der Waals surface area contributed by atoms with Crippen molar-refractivity contribution in [3.05, 3.63) is 23.5 Å². The summed E-state index contributed by atoms with van der Waals surface area (Å²) in [6.45, 7) is 4.49. The van der Waals surface area contributed by atoms with E-state index in [1.165, 1.54) is 6.42 Å². The van der Waals surface area contributed by atoms with Crippen LogP contribution in [0.4, 0.5) is 0 Å². The van der Waals surface area contributed by atoms with Crippen LogP contribution in [0.5, 0.6) is 0 Å². The molecule has 1 heterocycles.